The van der Waals surface area contributed by atoms with Gasteiger partial charge in [-0.15, -0.1) is 0 Å². The van der Waals surface area contributed by atoms with Crippen molar-refractivity contribution >= 4 is 17.5 Å². The van der Waals surface area contributed by atoms with Crippen molar-refractivity contribution in [2.75, 3.05) is 5.75 Å². The molecule has 1 unspecified atom stereocenters. The molecule has 134 valence electrons. The number of ketones is 1. The van der Waals surface area contributed by atoms with Gasteiger partial charge in [-0.3, -0.25) is 14.2 Å². The molecule has 2 rings (SSSR count). The lowest BCUT2D eigenvalue weighted by atomic mass is 9.98. The van der Waals surface area contributed by atoms with E-state index in [9.17, 15) is 14.7 Å². The SMILES string of the molecule is CCCC(C)c1c(O)nc(SCC(=O)c2ccccc2)n(CC)c1=O. The first-order chi connectivity index (χ1) is 12.0. The molecular weight excluding hydrogens is 336 g/mol. The first-order valence-corrected chi connectivity index (χ1v) is 9.52. The third-order valence-electron chi connectivity index (χ3n) is 4.11. The Bertz CT molecular complexity index is 787. The molecule has 6 heteroatoms. The number of hydrogen-bond acceptors (Lipinski definition) is 5. The molecule has 1 heterocycles. The van der Waals surface area contributed by atoms with Gasteiger partial charge in [0.05, 0.1) is 11.3 Å². The third kappa shape index (κ3) is 4.51. The Kier molecular flexibility index (Phi) is 6.82. The minimum Gasteiger partial charge on any atom is -0.493 e. The molecule has 0 radical (unpaired) electrons. The summed E-state index contributed by atoms with van der Waals surface area (Å²) in [5, 5.41) is 10.6. The molecule has 0 aliphatic carbocycles. The highest BCUT2D eigenvalue weighted by atomic mass is 32.2. The summed E-state index contributed by atoms with van der Waals surface area (Å²) in [7, 11) is 0. The number of rotatable bonds is 8. The Morgan fingerprint density at radius 3 is 2.56 bits per heavy atom. The van der Waals surface area contributed by atoms with E-state index in [4.69, 9.17) is 0 Å². The molecule has 25 heavy (non-hydrogen) atoms. The first kappa shape index (κ1) is 19.2. The molecule has 1 N–H and O–H groups in total. The lowest BCUT2D eigenvalue weighted by molar-refractivity contribution is 0.102. The zero-order valence-corrected chi connectivity index (χ0v) is 15.7. The number of aromatic hydroxyl groups is 1. The average Bonchev–Trinajstić information content (AvgIpc) is 2.60. The number of benzene rings is 1. The van der Waals surface area contributed by atoms with Gasteiger partial charge in [-0.25, -0.2) is 0 Å². The summed E-state index contributed by atoms with van der Waals surface area (Å²) >= 11 is 1.18. The normalized spacial score (nSPS) is 12.1. The van der Waals surface area contributed by atoms with Crippen LogP contribution < -0.4 is 5.56 Å². The summed E-state index contributed by atoms with van der Waals surface area (Å²) < 4.78 is 1.53. The average molecular weight is 360 g/mol. The summed E-state index contributed by atoms with van der Waals surface area (Å²) in [5.74, 6) is -0.136. The van der Waals surface area contributed by atoms with Crippen molar-refractivity contribution in [1.29, 1.82) is 0 Å². The number of carbonyl (C=O) groups excluding carboxylic acids is 1. The molecule has 0 amide bonds. The van der Waals surface area contributed by atoms with Crippen LogP contribution in [-0.2, 0) is 6.54 Å². The van der Waals surface area contributed by atoms with E-state index in [0.717, 1.165) is 12.8 Å². The number of aromatic nitrogens is 2. The summed E-state index contributed by atoms with van der Waals surface area (Å²) in [4.78, 5) is 29.2. The second-order valence-corrected chi connectivity index (χ2v) is 6.89. The zero-order valence-electron chi connectivity index (χ0n) is 14.9. The molecule has 0 bridgehead atoms. The number of hydrogen-bond donors (Lipinski definition) is 1. The lowest BCUT2D eigenvalue weighted by Gasteiger charge is -2.16. The van der Waals surface area contributed by atoms with E-state index in [1.54, 1.807) is 12.1 Å². The van der Waals surface area contributed by atoms with Gasteiger partial charge in [-0.2, -0.15) is 4.98 Å². The Hall–Kier alpha value is -2.08. The van der Waals surface area contributed by atoms with Crippen molar-refractivity contribution in [3.05, 3.63) is 51.8 Å². The van der Waals surface area contributed by atoms with Gasteiger partial charge < -0.3 is 5.11 Å². The van der Waals surface area contributed by atoms with Gasteiger partial charge in [0.25, 0.3) is 5.56 Å². The van der Waals surface area contributed by atoms with E-state index in [2.05, 4.69) is 4.98 Å². The van der Waals surface area contributed by atoms with Crippen LogP contribution in [0.15, 0.2) is 40.3 Å². The minimum atomic E-state index is -0.217. The summed E-state index contributed by atoms with van der Waals surface area (Å²) in [6, 6.07) is 9.00. The van der Waals surface area contributed by atoms with Crippen LogP contribution in [0.1, 0.15) is 55.5 Å². The van der Waals surface area contributed by atoms with Crippen LogP contribution in [0.25, 0.3) is 0 Å². The van der Waals surface area contributed by atoms with E-state index in [0.29, 0.717) is 22.8 Å². The maximum Gasteiger partial charge on any atom is 0.261 e. The van der Waals surface area contributed by atoms with Crippen molar-refractivity contribution in [1.82, 2.24) is 9.55 Å². The van der Waals surface area contributed by atoms with Crippen LogP contribution in [-0.4, -0.2) is 26.2 Å². The monoisotopic (exact) mass is 360 g/mol. The highest BCUT2D eigenvalue weighted by Gasteiger charge is 2.21. The second-order valence-electron chi connectivity index (χ2n) is 5.95. The van der Waals surface area contributed by atoms with Crippen LogP contribution in [0, 0.1) is 0 Å². The second kappa shape index (κ2) is 8.85. The zero-order chi connectivity index (χ0) is 18.4. The quantitative estimate of drug-likeness (QED) is 0.440. The van der Waals surface area contributed by atoms with Crippen molar-refractivity contribution in [2.45, 2.75) is 51.2 Å². The van der Waals surface area contributed by atoms with Gasteiger partial charge in [0.1, 0.15) is 0 Å². The molecule has 1 atom stereocenters. The molecule has 0 saturated heterocycles. The molecule has 2 aromatic rings. The minimum absolute atomic E-state index is 0.0366. The summed E-state index contributed by atoms with van der Waals surface area (Å²) in [6.07, 6.45) is 1.74. The van der Waals surface area contributed by atoms with Gasteiger partial charge in [-0.1, -0.05) is 62.4 Å². The predicted molar refractivity (Wildman–Crippen MR) is 101 cm³/mol. The summed E-state index contributed by atoms with van der Waals surface area (Å²) in [5.41, 5.74) is 0.769. The first-order valence-electron chi connectivity index (χ1n) is 8.54. The highest BCUT2D eigenvalue weighted by Crippen LogP contribution is 2.27. The molecule has 0 spiro atoms. The maximum absolute atomic E-state index is 12.7. The van der Waals surface area contributed by atoms with Crippen molar-refractivity contribution in [3.63, 3.8) is 0 Å². The van der Waals surface area contributed by atoms with Crippen molar-refractivity contribution < 1.29 is 9.90 Å². The van der Waals surface area contributed by atoms with Gasteiger partial charge in [-0.05, 0) is 19.3 Å². The maximum atomic E-state index is 12.7. The van der Waals surface area contributed by atoms with Crippen molar-refractivity contribution in [2.24, 2.45) is 0 Å². The number of carbonyl (C=O) groups is 1. The smallest absolute Gasteiger partial charge is 0.261 e. The number of nitrogens with zero attached hydrogens (tertiary/aromatic N) is 2. The standard InChI is InChI=1S/C19H24N2O3S/c1-4-9-13(3)16-17(23)20-19(21(5-2)18(16)24)25-12-15(22)14-10-7-6-8-11-14/h6-8,10-11,13,23H,4-5,9,12H2,1-3H3. The fourth-order valence-corrected chi connectivity index (χ4v) is 3.72. The molecule has 0 fully saturated rings. The van der Waals surface area contributed by atoms with Crippen LogP contribution in [0.5, 0.6) is 5.88 Å². The van der Waals surface area contributed by atoms with Gasteiger partial charge in [0.15, 0.2) is 10.9 Å². The summed E-state index contributed by atoms with van der Waals surface area (Å²) in [6.45, 7) is 6.27. The van der Waals surface area contributed by atoms with Crippen molar-refractivity contribution in [3.8, 4) is 5.88 Å². The molecule has 0 aliphatic rings. The third-order valence-corrected chi connectivity index (χ3v) is 5.08. The van der Waals surface area contributed by atoms with Crippen LogP contribution >= 0.6 is 11.8 Å². The predicted octanol–water partition coefficient (Wildman–Crippen LogP) is 3.85. The molecule has 0 saturated carbocycles. The fourth-order valence-electron chi connectivity index (χ4n) is 2.77. The number of thioether (sulfide) groups is 1. The van der Waals surface area contributed by atoms with E-state index < -0.39 is 0 Å². The largest absolute Gasteiger partial charge is 0.493 e. The van der Waals surface area contributed by atoms with Gasteiger partial charge in [0.2, 0.25) is 5.88 Å². The molecule has 0 aliphatic heterocycles. The number of Topliss-reactive ketones (excluding diaryl/α,β-unsaturated/α-hetero) is 1. The molecular formula is C19H24N2O3S. The molecule has 1 aromatic carbocycles. The van der Waals surface area contributed by atoms with E-state index in [-0.39, 0.29) is 28.9 Å². The van der Waals surface area contributed by atoms with E-state index in [1.807, 2.05) is 39.0 Å². The Morgan fingerprint density at radius 2 is 1.96 bits per heavy atom. The molecule has 5 nitrogen and oxygen atoms in total. The van der Waals surface area contributed by atoms with E-state index >= 15 is 0 Å². The molecule has 1 aromatic heterocycles. The lowest BCUT2D eigenvalue weighted by Crippen LogP contribution is -2.27. The van der Waals surface area contributed by atoms with Gasteiger partial charge in [0, 0.05) is 12.1 Å². The van der Waals surface area contributed by atoms with Crippen LogP contribution in [0.2, 0.25) is 0 Å². The fraction of sp³-hybridized carbons (Fsp3) is 0.421. The topological polar surface area (TPSA) is 72.2 Å². The van der Waals surface area contributed by atoms with E-state index in [1.165, 1.54) is 16.3 Å². The Labute approximate surface area is 152 Å². The highest BCUT2D eigenvalue weighted by molar-refractivity contribution is 7.99. The van der Waals surface area contributed by atoms with Crippen LogP contribution in [0.3, 0.4) is 0 Å². The van der Waals surface area contributed by atoms with Gasteiger partial charge >= 0.3 is 0 Å². The Balaban J connectivity index is 2.27. The van der Waals surface area contributed by atoms with Crippen LogP contribution in [0.4, 0.5) is 0 Å². The Morgan fingerprint density at radius 1 is 1.28 bits per heavy atom.